The number of ketones is 1. The molecule has 2 bridgehead atoms. The molecule has 0 spiro atoms. The highest BCUT2D eigenvalue weighted by molar-refractivity contribution is 6.01. The van der Waals surface area contributed by atoms with Gasteiger partial charge in [0.1, 0.15) is 18.3 Å². The largest absolute Gasteiger partial charge is 0.509 e. The highest BCUT2D eigenvalue weighted by Crippen LogP contribution is 2.72. The van der Waals surface area contributed by atoms with E-state index in [2.05, 4.69) is 20.8 Å². The Kier molecular flexibility index (Phi) is 6.98. The van der Waals surface area contributed by atoms with Gasteiger partial charge in [-0.3, -0.25) is 4.79 Å². The second kappa shape index (κ2) is 9.85. The number of allylic oxidation sites excluding steroid dienone is 4. The monoisotopic (exact) mass is 615 g/mol. The molecule has 0 amide bonds. The van der Waals surface area contributed by atoms with Crippen LogP contribution < -0.4 is 0 Å². The van der Waals surface area contributed by atoms with Gasteiger partial charge in [0.15, 0.2) is 18.1 Å². The summed E-state index contributed by atoms with van der Waals surface area (Å²) >= 11 is 0. The highest BCUT2D eigenvalue weighted by Gasteiger charge is 2.79. The van der Waals surface area contributed by atoms with Crippen molar-refractivity contribution in [3.8, 4) is 6.07 Å². The lowest BCUT2D eigenvalue weighted by Gasteiger charge is -2.63. The van der Waals surface area contributed by atoms with Gasteiger partial charge in [0.2, 0.25) is 5.60 Å². The molecule has 240 valence electrons. The summed E-state index contributed by atoms with van der Waals surface area (Å²) in [6.07, 6.45) is 0.196. The summed E-state index contributed by atoms with van der Waals surface area (Å²) < 4.78 is 50.8. The van der Waals surface area contributed by atoms with Gasteiger partial charge in [-0.2, -0.15) is 5.26 Å². The predicted octanol–water partition coefficient (Wildman–Crippen LogP) is 5.58. The molecule has 7 rings (SSSR count). The van der Waals surface area contributed by atoms with E-state index in [1.807, 2.05) is 0 Å². The lowest BCUT2D eigenvalue weighted by atomic mass is 9.44. The average molecular weight is 616 g/mol. The van der Waals surface area contributed by atoms with Gasteiger partial charge in [0.25, 0.3) is 0 Å². The number of aliphatic hydroxyl groups is 1. The fraction of sp³-hybridized carbons (Fsp3) is 0.765. The Labute approximate surface area is 257 Å². The molecular formula is C34H43F2NO7. The number of fused-ring (bicyclic) bond motifs is 7. The molecule has 10 heteroatoms. The smallest absolute Gasteiger partial charge is 0.447 e. The Balaban J connectivity index is 1.36. The molecule has 13 atom stereocenters. The summed E-state index contributed by atoms with van der Waals surface area (Å²) in [6, 6.07) is 1.77. The van der Waals surface area contributed by atoms with E-state index in [1.54, 1.807) is 19.9 Å². The van der Waals surface area contributed by atoms with E-state index in [9.17, 15) is 24.8 Å². The maximum absolute atomic E-state index is 17.6. The lowest BCUT2D eigenvalue weighted by Crippen LogP contribution is -2.71. The van der Waals surface area contributed by atoms with E-state index in [0.29, 0.717) is 18.3 Å². The number of alkyl halides is 2. The molecule has 6 fully saturated rings. The molecule has 0 heterocycles. The van der Waals surface area contributed by atoms with Crippen LogP contribution in [0.1, 0.15) is 73.6 Å². The minimum atomic E-state index is -2.36. The van der Waals surface area contributed by atoms with E-state index in [-0.39, 0.29) is 36.2 Å². The van der Waals surface area contributed by atoms with Crippen LogP contribution in [0.3, 0.4) is 0 Å². The first-order valence-electron chi connectivity index (χ1n) is 15.9. The Morgan fingerprint density at radius 2 is 1.80 bits per heavy atom. The van der Waals surface area contributed by atoms with Crippen molar-refractivity contribution in [2.75, 3.05) is 6.61 Å². The Bertz CT molecular complexity index is 1390. The van der Waals surface area contributed by atoms with Gasteiger partial charge in [-0.05, 0) is 85.8 Å². The van der Waals surface area contributed by atoms with E-state index in [4.69, 9.17) is 14.2 Å². The number of ether oxygens (including phenoxy) is 3. The molecule has 8 nitrogen and oxygen atoms in total. The fourth-order valence-electron chi connectivity index (χ4n) is 11.0. The fourth-order valence-corrected chi connectivity index (χ4v) is 11.0. The number of hydrogen-bond acceptors (Lipinski definition) is 8. The molecule has 44 heavy (non-hydrogen) atoms. The molecule has 0 aromatic heterocycles. The third kappa shape index (κ3) is 3.77. The number of esters is 1. The van der Waals surface area contributed by atoms with Crippen LogP contribution in [0.4, 0.5) is 13.6 Å². The Morgan fingerprint density at radius 1 is 1.09 bits per heavy atom. The normalized spacial score (nSPS) is 49.7. The minimum absolute atomic E-state index is 0.000188. The quantitative estimate of drug-likeness (QED) is 0.407. The van der Waals surface area contributed by atoms with Crippen molar-refractivity contribution in [3.63, 3.8) is 0 Å². The zero-order valence-electron chi connectivity index (χ0n) is 26.3. The molecule has 0 aromatic carbocycles. The van der Waals surface area contributed by atoms with Crippen LogP contribution in [-0.4, -0.2) is 59.3 Å². The van der Waals surface area contributed by atoms with Crippen molar-refractivity contribution in [1.82, 2.24) is 0 Å². The standard InChI is InChI=1S/C34H43F2NO7/c1-17-11-22-23-15-25(35)24-14-20(38)7-8-31(24,5)33(23,36)27(39)16-32(22,6)34(17,28(40)42-10-9-37)44-29(41)43-26-13-19-12-21(18(26)2)30(19,3)4/h7-8,14,17-19,21-23,25-27,39H,10-13,15-16H2,1-6H3/t17-,18+,19?,21?,22+,23+,25+,26+,27+,31+,32+,33+,34+/m1/s1. The van der Waals surface area contributed by atoms with Crippen molar-refractivity contribution in [2.45, 2.75) is 103 Å². The number of carbonyl (C=O) groups is 3. The second-order valence-corrected chi connectivity index (χ2v) is 15.4. The van der Waals surface area contributed by atoms with Crippen LogP contribution in [-0.2, 0) is 23.8 Å². The van der Waals surface area contributed by atoms with E-state index >= 15 is 8.78 Å². The molecule has 7 aliphatic carbocycles. The van der Waals surface area contributed by atoms with Gasteiger partial charge in [-0.25, -0.2) is 18.4 Å². The second-order valence-electron chi connectivity index (χ2n) is 15.4. The maximum atomic E-state index is 17.6. The van der Waals surface area contributed by atoms with E-state index in [1.165, 1.54) is 19.1 Å². The topological polar surface area (TPSA) is 123 Å². The minimum Gasteiger partial charge on any atom is -0.447 e. The number of carbonyl (C=O) groups excluding carboxylic acids is 3. The van der Waals surface area contributed by atoms with Crippen LogP contribution in [0.15, 0.2) is 23.8 Å². The third-order valence-electron chi connectivity index (χ3n) is 13.5. The first-order valence-corrected chi connectivity index (χ1v) is 15.9. The zero-order valence-corrected chi connectivity index (χ0v) is 26.3. The van der Waals surface area contributed by atoms with Gasteiger partial charge in [-0.1, -0.05) is 40.7 Å². The van der Waals surface area contributed by atoms with Gasteiger partial charge in [-0.15, -0.1) is 0 Å². The van der Waals surface area contributed by atoms with Crippen LogP contribution >= 0.6 is 0 Å². The number of aliphatic hydroxyl groups excluding tert-OH is 1. The highest BCUT2D eigenvalue weighted by atomic mass is 19.1. The zero-order chi connectivity index (χ0) is 32.2. The summed E-state index contributed by atoms with van der Waals surface area (Å²) in [6.45, 7) is 10.8. The van der Waals surface area contributed by atoms with Crippen molar-refractivity contribution < 1.29 is 42.5 Å². The summed E-state index contributed by atoms with van der Waals surface area (Å²) in [7, 11) is 0. The first kappa shape index (κ1) is 31.2. The first-order chi connectivity index (χ1) is 20.5. The molecule has 0 aromatic rings. The number of halogens is 2. The molecule has 0 radical (unpaired) electrons. The van der Waals surface area contributed by atoms with Crippen molar-refractivity contribution in [1.29, 1.82) is 5.26 Å². The molecule has 0 aliphatic heterocycles. The van der Waals surface area contributed by atoms with Crippen LogP contribution in [0, 0.1) is 63.1 Å². The van der Waals surface area contributed by atoms with Crippen LogP contribution in [0.25, 0.3) is 0 Å². The van der Waals surface area contributed by atoms with E-state index < -0.39 is 82.7 Å². The van der Waals surface area contributed by atoms with Crippen molar-refractivity contribution >= 4 is 17.9 Å². The lowest BCUT2D eigenvalue weighted by molar-refractivity contribution is -0.236. The van der Waals surface area contributed by atoms with Crippen molar-refractivity contribution in [2.24, 2.45) is 51.8 Å². The molecular weight excluding hydrogens is 572 g/mol. The van der Waals surface area contributed by atoms with E-state index in [0.717, 1.165) is 12.5 Å². The molecule has 0 saturated heterocycles. The predicted molar refractivity (Wildman–Crippen MR) is 153 cm³/mol. The van der Waals surface area contributed by atoms with Crippen LogP contribution in [0.5, 0.6) is 0 Å². The summed E-state index contributed by atoms with van der Waals surface area (Å²) in [5, 5.41) is 20.9. The number of hydrogen-bond donors (Lipinski definition) is 1. The SMILES string of the molecule is C[C@@H]1C[C@H]2[C@@H]3C[C@H](F)C4=CC(=O)C=C[C@]4(C)[C@@]3(F)[C@@H](O)C[C@]2(C)[C@@]1(OC(=O)O[C@H]1CC2CC([C@@H]1C)C2(C)C)C(=O)OCC#N. The summed E-state index contributed by atoms with van der Waals surface area (Å²) in [4.78, 5) is 39.7. The maximum Gasteiger partial charge on any atom is 0.509 e. The number of nitriles is 1. The Hall–Kier alpha value is -2.80. The Morgan fingerprint density at radius 3 is 2.43 bits per heavy atom. The van der Waals surface area contributed by atoms with Gasteiger partial charge >= 0.3 is 12.1 Å². The molecule has 2 unspecified atom stereocenters. The molecule has 7 aliphatic rings. The molecule has 6 saturated carbocycles. The van der Waals surface area contributed by atoms with Gasteiger partial charge < -0.3 is 19.3 Å². The summed E-state index contributed by atoms with van der Waals surface area (Å²) in [5.74, 6) is -3.05. The van der Waals surface area contributed by atoms with Gasteiger partial charge in [0, 0.05) is 22.7 Å². The average Bonchev–Trinajstić information content (AvgIpc) is 3.17. The van der Waals surface area contributed by atoms with Crippen LogP contribution in [0.2, 0.25) is 0 Å². The van der Waals surface area contributed by atoms with Crippen molar-refractivity contribution in [3.05, 3.63) is 23.8 Å². The third-order valence-corrected chi connectivity index (χ3v) is 13.5. The summed E-state index contributed by atoms with van der Waals surface area (Å²) in [5.41, 5.74) is -7.20. The number of rotatable bonds is 4. The molecule has 1 N–H and O–H groups in total. The number of nitrogens with zero attached hydrogens (tertiary/aromatic N) is 1. The van der Waals surface area contributed by atoms with Gasteiger partial charge in [0.05, 0.1) is 6.10 Å².